The van der Waals surface area contributed by atoms with E-state index in [0.29, 0.717) is 24.0 Å². The molecule has 0 atom stereocenters. The van der Waals surface area contributed by atoms with Gasteiger partial charge in [-0.3, -0.25) is 4.79 Å². The van der Waals surface area contributed by atoms with Gasteiger partial charge in [0.25, 0.3) is 0 Å². The van der Waals surface area contributed by atoms with E-state index >= 15 is 0 Å². The average molecular weight is 486 g/mol. The smallest absolute Gasteiger partial charge is 0.310 e. The summed E-state index contributed by atoms with van der Waals surface area (Å²) in [5.41, 5.74) is 4.09. The Labute approximate surface area is 190 Å². The molecule has 0 unspecified atom stereocenters. The molecular weight excluding hydrogens is 464 g/mol. The first-order valence-corrected chi connectivity index (χ1v) is 10.8. The summed E-state index contributed by atoms with van der Waals surface area (Å²) in [6, 6.07) is 23.7. The van der Waals surface area contributed by atoms with Gasteiger partial charge in [-0.1, -0.05) is 76.1 Å². The standard InChI is InChI=1S/C25H22BrClO3/c1-2-29-25(28)17-18-8-13-24(23(27)16-18)30-15-14-22(19-6-4-3-5-7-19)20-9-11-21(26)12-10-20/h3-14,16H,2,15,17H2,1H3/b22-14+. The van der Waals surface area contributed by atoms with Crippen LogP contribution in [-0.4, -0.2) is 19.2 Å². The van der Waals surface area contributed by atoms with Crippen molar-refractivity contribution < 1.29 is 14.3 Å². The van der Waals surface area contributed by atoms with Crippen LogP contribution in [-0.2, 0) is 16.0 Å². The second kappa shape index (κ2) is 11.0. The molecule has 0 aromatic heterocycles. The number of hydrogen-bond donors (Lipinski definition) is 0. The highest BCUT2D eigenvalue weighted by molar-refractivity contribution is 9.10. The Morgan fingerprint density at radius 2 is 1.70 bits per heavy atom. The molecule has 0 saturated carbocycles. The van der Waals surface area contributed by atoms with Gasteiger partial charge in [-0.2, -0.15) is 0 Å². The minimum absolute atomic E-state index is 0.190. The fourth-order valence-corrected chi connectivity index (χ4v) is 3.54. The van der Waals surface area contributed by atoms with E-state index in [4.69, 9.17) is 21.1 Å². The summed E-state index contributed by atoms with van der Waals surface area (Å²) in [4.78, 5) is 11.6. The van der Waals surface area contributed by atoms with Crippen LogP contribution in [0.5, 0.6) is 5.75 Å². The number of esters is 1. The van der Waals surface area contributed by atoms with Crippen molar-refractivity contribution in [3.8, 4) is 5.75 Å². The zero-order chi connectivity index (χ0) is 21.3. The van der Waals surface area contributed by atoms with E-state index < -0.39 is 0 Å². The van der Waals surface area contributed by atoms with Crippen LogP contribution in [0.4, 0.5) is 0 Å². The Hall–Kier alpha value is -2.56. The molecule has 0 N–H and O–H groups in total. The van der Waals surface area contributed by atoms with Gasteiger partial charge < -0.3 is 9.47 Å². The lowest BCUT2D eigenvalue weighted by Gasteiger charge is -2.11. The summed E-state index contributed by atoms with van der Waals surface area (Å²) in [6.07, 6.45) is 2.23. The number of carbonyl (C=O) groups excluding carboxylic acids is 1. The molecule has 3 rings (SSSR count). The van der Waals surface area contributed by atoms with Crippen molar-refractivity contribution >= 4 is 39.1 Å². The maximum atomic E-state index is 11.6. The summed E-state index contributed by atoms with van der Waals surface area (Å²) in [7, 11) is 0. The van der Waals surface area contributed by atoms with E-state index in [2.05, 4.69) is 40.2 Å². The van der Waals surface area contributed by atoms with Crippen LogP contribution in [0.25, 0.3) is 5.57 Å². The highest BCUT2D eigenvalue weighted by Gasteiger charge is 2.09. The second-order valence-electron chi connectivity index (χ2n) is 6.55. The van der Waals surface area contributed by atoms with E-state index in [1.807, 2.05) is 42.5 Å². The maximum absolute atomic E-state index is 11.6. The van der Waals surface area contributed by atoms with Gasteiger partial charge in [-0.15, -0.1) is 0 Å². The zero-order valence-electron chi connectivity index (χ0n) is 16.6. The quantitative estimate of drug-likeness (QED) is 0.332. The van der Waals surface area contributed by atoms with Crippen molar-refractivity contribution in [1.82, 2.24) is 0 Å². The zero-order valence-corrected chi connectivity index (χ0v) is 18.9. The Balaban J connectivity index is 1.75. The number of rotatable bonds is 8. The number of hydrogen-bond acceptors (Lipinski definition) is 3. The van der Waals surface area contributed by atoms with Gasteiger partial charge >= 0.3 is 5.97 Å². The number of halogens is 2. The van der Waals surface area contributed by atoms with Crippen LogP contribution in [0.2, 0.25) is 5.02 Å². The molecular formula is C25H22BrClO3. The third-order valence-electron chi connectivity index (χ3n) is 4.42. The van der Waals surface area contributed by atoms with Crippen molar-refractivity contribution in [1.29, 1.82) is 0 Å². The molecule has 0 saturated heterocycles. The first-order chi connectivity index (χ1) is 14.6. The van der Waals surface area contributed by atoms with E-state index in [-0.39, 0.29) is 12.4 Å². The summed E-state index contributed by atoms with van der Waals surface area (Å²) in [5.74, 6) is 0.302. The molecule has 0 fully saturated rings. The van der Waals surface area contributed by atoms with Crippen molar-refractivity contribution in [2.45, 2.75) is 13.3 Å². The molecule has 0 aliphatic rings. The molecule has 3 nitrogen and oxygen atoms in total. The highest BCUT2D eigenvalue weighted by atomic mass is 79.9. The largest absolute Gasteiger partial charge is 0.488 e. The van der Waals surface area contributed by atoms with Crippen LogP contribution >= 0.6 is 27.5 Å². The molecule has 30 heavy (non-hydrogen) atoms. The van der Waals surface area contributed by atoms with Crippen molar-refractivity contribution in [2.75, 3.05) is 13.2 Å². The van der Waals surface area contributed by atoms with Gasteiger partial charge in [0.15, 0.2) is 0 Å². The molecule has 0 radical (unpaired) electrons. The molecule has 3 aromatic rings. The molecule has 154 valence electrons. The lowest BCUT2D eigenvalue weighted by Crippen LogP contribution is -2.07. The van der Waals surface area contributed by atoms with Gasteiger partial charge in [0.2, 0.25) is 0 Å². The third kappa shape index (κ3) is 6.22. The molecule has 0 bridgehead atoms. The second-order valence-corrected chi connectivity index (χ2v) is 7.87. The number of carbonyl (C=O) groups is 1. The third-order valence-corrected chi connectivity index (χ3v) is 5.24. The first-order valence-electron chi connectivity index (χ1n) is 9.65. The van der Waals surface area contributed by atoms with Crippen molar-refractivity contribution in [3.63, 3.8) is 0 Å². The molecule has 0 spiro atoms. The Kier molecular flexibility index (Phi) is 8.12. The number of benzene rings is 3. The van der Waals surface area contributed by atoms with Crippen LogP contribution in [0.1, 0.15) is 23.6 Å². The van der Waals surface area contributed by atoms with Crippen molar-refractivity contribution in [2.24, 2.45) is 0 Å². The van der Waals surface area contributed by atoms with Crippen LogP contribution in [0.15, 0.2) is 83.3 Å². The van der Waals surface area contributed by atoms with Crippen LogP contribution in [0, 0.1) is 0 Å². The fourth-order valence-electron chi connectivity index (χ4n) is 3.01. The SMILES string of the molecule is CCOC(=O)Cc1ccc(OC/C=C(\c2ccccc2)c2ccc(Br)cc2)c(Cl)c1. The van der Waals surface area contributed by atoms with E-state index in [1.165, 1.54) is 0 Å². The Bertz CT molecular complexity index is 1010. The minimum atomic E-state index is -0.271. The highest BCUT2D eigenvalue weighted by Crippen LogP contribution is 2.28. The molecule has 0 heterocycles. The molecule has 5 heteroatoms. The van der Waals surface area contributed by atoms with Crippen LogP contribution < -0.4 is 4.74 Å². The summed E-state index contributed by atoms with van der Waals surface area (Å²) >= 11 is 9.84. The monoisotopic (exact) mass is 484 g/mol. The van der Waals surface area contributed by atoms with E-state index in [1.54, 1.807) is 19.1 Å². The lowest BCUT2D eigenvalue weighted by atomic mass is 9.98. The van der Waals surface area contributed by atoms with E-state index in [9.17, 15) is 4.79 Å². The summed E-state index contributed by atoms with van der Waals surface area (Å²) in [5, 5.41) is 0.468. The van der Waals surface area contributed by atoms with Gasteiger partial charge in [0.05, 0.1) is 18.1 Å². The number of ether oxygens (including phenoxy) is 2. The summed E-state index contributed by atoms with van der Waals surface area (Å²) < 4.78 is 11.9. The molecule has 0 aliphatic carbocycles. The molecule has 0 aliphatic heterocycles. The van der Waals surface area contributed by atoms with Gasteiger partial charge in [0.1, 0.15) is 12.4 Å². The Morgan fingerprint density at radius 3 is 2.37 bits per heavy atom. The first kappa shape index (κ1) is 22.1. The topological polar surface area (TPSA) is 35.5 Å². The minimum Gasteiger partial charge on any atom is -0.488 e. The maximum Gasteiger partial charge on any atom is 0.310 e. The van der Waals surface area contributed by atoms with Crippen LogP contribution in [0.3, 0.4) is 0 Å². The fraction of sp³-hybridized carbons (Fsp3) is 0.160. The van der Waals surface area contributed by atoms with E-state index in [0.717, 1.165) is 26.7 Å². The van der Waals surface area contributed by atoms with Gasteiger partial charge in [-0.05, 0) is 59.5 Å². The predicted molar refractivity (Wildman–Crippen MR) is 125 cm³/mol. The molecule has 0 amide bonds. The van der Waals surface area contributed by atoms with Crippen molar-refractivity contribution in [3.05, 3.63) is 105 Å². The normalized spacial score (nSPS) is 11.2. The summed E-state index contributed by atoms with van der Waals surface area (Å²) in [6.45, 7) is 2.51. The lowest BCUT2D eigenvalue weighted by molar-refractivity contribution is -0.142. The van der Waals surface area contributed by atoms with Gasteiger partial charge in [-0.25, -0.2) is 0 Å². The average Bonchev–Trinajstić information content (AvgIpc) is 2.74. The Morgan fingerprint density at radius 1 is 1.00 bits per heavy atom. The predicted octanol–water partition coefficient (Wildman–Crippen LogP) is 6.72. The van der Waals surface area contributed by atoms with Gasteiger partial charge in [0, 0.05) is 4.47 Å². The molecule has 3 aromatic carbocycles.